The Balaban J connectivity index is 5.10. The van der Waals surface area contributed by atoms with Crippen LogP contribution < -0.4 is 0 Å². The van der Waals surface area contributed by atoms with Gasteiger partial charge in [0, 0.05) is 25.7 Å². The Labute approximate surface area is 600 Å². The number of esters is 4. The molecule has 0 spiro atoms. The van der Waals surface area contributed by atoms with Crippen LogP contribution >= 0.6 is 15.6 Å². The van der Waals surface area contributed by atoms with Gasteiger partial charge in [-0.25, -0.2) is 9.13 Å². The lowest BCUT2D eigenvalue weighted by Crippen LogP contribution is -2.30. The van der Waals surface area contributed by atoms with Crippen molar-refractivity contribution in [2.45, 2.75) is 444 Å². The highest BCUT2D eigenvalue weighted by Gasteiger charge is 2.30. The van der Waals surface area contributed by atoms with Crippen molar-refractivity contribution in [2.75, 3.05) is 39.6 Å². The monoisotopic (exact) mass is 1440 g/mol. The molecule has 0 amide bonds. The van der Waals surface area contributed by atoms with E-state index < -0.39 is 97.5 Å². The van der Waals surface area contributed by atoms with Crippen molar-refractivity contribution in [1.82, 2.24) is 0 Å². The topological polar surface area (TPSA) is 237 Å². The molecule has 0 aliphatic rings. The molecule has 98 heavy (non-hydrogen) atoms. The third-order valence-electron chi connectivity index (χ3n) is 18.6. The molecule has 2 unspecified atom stereocenters. The summed E-state index contributed by atoms with van der Waals surface area (Å²) in [5, 5.41) is 10.6. The molecule has 0 aliphatic heterocycles. The lowest BCUT2D eigenvalue weighted by Gasteiger charge is -2.21. The quantitative estimate of drug-likeness (QED) is 0.0222. The number of hydrogen-bond donors (Lipinski definition) is 3. The first kappa shape index (κ1) is 96.1. The summed E-state index contributed by atoms with van der Waals surface area (Å²) in [6.07, 6.45) is 65.7. The zero-order valence-corrected chi connectivity index (χ0v) is 65.6. The molecule has 0 aliphatic carbocycles. The van der Waals surface area contributed by atoms with Gasteiger partial charge in [-0.3, -0.25) is 37.3 Å². The van der Waals surface area contributed by atoms with Gasteiger partial charge in [0.1, 0.15) is 19.3 Å². The SMILES string of the molecule is CCCCCCCCCCCCCCCCCCCCCCCCC(=O)O[C@H](COC(=O)CCCCCCCCCCCCCCCCCC)COP(=O)(O)OC[C@@H](O)COP(=O)(O)OC[C@@H](COC(=O)CCCCCCC)OC(=O)CCCCCCCCCCCCCCCCC. The van der Waals surface area contributed by atoms with Crippen LogP contribution in [-0.2, 0) is 65.4 Å². The fourth-order valence-corrected chi connectivity index (χ4v) is 13.9. The maximum atomic E-state index is 13.1. The minimum absolute atomic E-state index is 0.108. The normalized spacial score (nSPS) is 13.8. The van der Waals surface area contributed by atoms with Crippen molar-refractivity contribution in [2.24, 2.45) is 0 Å². The highest BCUT2D eigenvalue weighted by atomic mass is 31.2. The van der Waals surface area contributed by atoms with Gasteiger partial charge in [-0.2, -0.15) is 0 Å². The number of ether oxygens (including phenoxy) is 4. The molecular formula is C79H154O17P2. The Kier molecular flexibility index (Phi) is 71.9. The summed E-state index contributed by atoms with van der Waals surface area (Å²) in [6, 6.07) is 0. The van der Waals surface area contributed by atoms with E-state index in [-0.39, 0.29) is 25.7 Å². The van der Waals surface area contributed by atoms with E-state index in [0.29, 0.717) is 25.7 Å². The van der Waals surface area contributed by atoms with Crippen molar-refractivity contribution in [3.05, 3.63) is 0 Å². The maximum Gasteiger partial charge on any atom is 0.472 e. The molecule has 17 nitrogen and oxygen atoms in total. The first-order chi connectivity index (χ1) is 47.7. The molecular weight excluding hydrogens is 1280 g/mol. The molecule has 0 bridgehead atoms. The van der Waals surface area contributed by atoms with Crippen molar-refractivity contribution < 1.29 is 80.2 Å². The fraction of sp³-hybridized carbons (Fsp3) is 0.949. The van der Waals surface area contributed by atoms with E-state index in [1.807, 2.05) is 0 Å². The van der Waals surface area contributed by atoms with E-state index in [4.69, 9.17) is 37.0 Å². The summed E-state index contributed by atoms with van der Waals surface area (Å²) < 4.78 is 68.4. The van der Waals surface area contributed by atoms with E-state index in [2.05, 4.69) is 27.7 Å². The van der Waals surface area contributed by atoms with E-state index in [9.17, 15) is 43.2 Å². The van der Waals surface area contributed by atoms with Crippen molar-refractivity contribution >= 4 is 39.5 Å². The molecule has 0 fully saturated rings. The zero-order chi connectivity index (χ0) is 71.8. The summed E-state index contributed by atoms with van der Waals surface area (Å²) in [7, 11) is -9.90. The highest BCUT2D eigenvalue weighted by molar-refractivity contribution is 7.47. The standard InChI is InChI=1S/C79H154O17P2/c1-5-9-13-17-20-23-26-29-32-34-35-36-37-38-39-42-45-48-51-54-58-62-66-79(84)96-75(70-90-77(82)64-60-56-52-49-46-43-41-33-30-27-24-21-18-14-10-6-2)72-94-98(87,88)92-68-73(80)67-91-97(85,86)93-71-74(69-89-76(81)63-59-55-16-12-8-4)95-78(83)65-61-57-53-50-47-44-40-31-28-25-22-19-15-11-7-3/h73-75,80H,5-72H2,1-4H3,(H,85,86)(H,87,88)/t73-,74+,75+/m0/s1. The molecule has 0 radical (unpaired) electrons. The van der Waals surface area contributed by atoms with Crippen LogP contribution in [0, 0.1) is 0 Å². The highest BCUT2D eigenvalue weighted by Crippen LogP contribution is 2.45. The smallest absolute Gasteiger partial charge is 0.462 e. The van der Waals surface area contributed by atoms with Gasteiger partial charge in [-0.15, -0.1) is 0 Å². The number of phosphoric ester groups is 2. The predicted molar refractivity (Wildman–Crippen MR) is 400 cm³/mol. The van der Waals surface area contributed by atoms with E-state index in [0.717, 1.165) is 96.3 Å². The first-order valence-electron chi connectivity index (χ1n) is 41.3. The summed E-state index contributed by atoms with van der Waals surface area (Å²) in [5.41, 5.74) is 0. The molecule has 19 heteroatoms. The zero-order valence-electron chi connectivity index (χ0n) is 63.8. The van der Waals surface area contributed by atoms with Crippen LogP contribution in [0.25, 0.3) is 0 Å². The summed E-state index contributed by atoms with van der Waals surface area (Å²) in [6.45, 7) is 4.92. The average Bonchev–Trinajstić information content (AvgIpc) is 2.98. The van der Waals surface area contributed by atoms with Gasteiger partial charge in [0.25, 0.3) is 0 Å². The Bertz CT molecular complexity index is 1860. The molecule has 0 aromatic rings. The van der Waals surface area contributed by atoms with Gasteiger partial charge in [-0.05, 0) is 25.7 Å². The number of rotatable bonds is 80. The van der Waals surface area contributed by atoms with Gasteiger partial charge < -0.3 is 33.8 Å². The molecule has 582 valence electrons. The van der Waals surface area contributed by atoms with Gasteiger partial charge in [0.05, 0.1) is 26.4 Å². The third-order valence-corrected chi connectivity index (χ3v) is 20.5. The number of aliphatic hydroxyl groups excluding tert-OH is 1. The first-order valence-corrected chi connectivity index (χ1v) is 44.3. The summed E-state index contributed by atoms with van der Waals surface area (Å²) in [4.78, 5) is 72.6. The van der Waals surface area contributed by atoms with Crippen LogP contribution in [0.4, 0.5) is 0 Å². The van der Waals surface area contributed by atoms with Gasteiger partial charge >= 0.3 is 39.5 Å². The van der Waals surface area contributed by atoms with Gasteiger partial charge in [-0.1, -0.05) is 374 Å². The third kappa shape index (κ3) is 72.4. The largest absolute Gasteiger partial charge is 0.472 e. The van der Waals surface area contributed by atoms with Crippen LogP contribution in [-0.4, -0.2) is 96.7 Å². The molecule has 0 saturated heterocycles. The van der Waals surface area contributed by atoms with Crippen molar-refractivity contribution in [3.8, 4) is 0 Å². The number of hydrogen-bond acceptors (Lipinski definition) is 15. The second-order valence-corrected chi connectivity index (χ2v) is 31.4. The lowest BCUT2D eigenvalue weighted by atomic mass is 10.0. The second-order valence-electron chi connectivity index (χ2n) is 28.5. The van der Waals surface area contributed by atoms with Crippen LogP contribution in [0.3, 0.4) is 0 Å². The van der Waals surface area contributed by atoms with E-state index >= 15 is 0 Å². The molecule has 0 aromatic carbocycles. The Morgan fingerprint density at radius 2 is 0.408 bits per heavy atom. The number of phosphoric acid groups is 2. The Morgan fingerprint density at radius 1 is 0.245 bits per heavy atom. The predicted octanol–water partition coefficient (Wildman–Crippen LogP) is 23.8. The van der Waals surface area contributed by atoms with Crippen molar-refractivity contribution in [1.29, 1.82) is 0 Å². The van der Waals surface area contributed by atoms with E-state index in [1.54, 1.807) is 0 Å². The summed E-state index contributed by atoms with van der Waals surface area (Å²) in [5.74, 6) is -2.12. The molecule has 3 N–H and O–H groups in total. The maximum absolute atomic E-state index is 13.1. The van der Waals surface area contributed by atoms with E-state index in [1.165, 1.54) is 250 Å². The summed E-state index contributed by atoms with van der Waals surface area (Å²) >= 11 is 0. The molecule has 0 saturated carbocycles. The minimum Gasteiger partial charge on any atom is -0.462 e. The van der Waals surface area contributed by atoms with Crippen LogP contribution in [0.15, 0.2) is 0 Å². The number of carbonyl (C=O) groups is 4. The fourth-order valence-electron chi connectivity index (χ4n) is 12.3. The lowest BCUT2D eigenvalue weighted by molar-refractivity contribution is -0.161. The molecule has 5 atom stereocenters. The minimum atomic E-state index is -4.96. The number of unbranched alkanes of at least 4 members (excludes halogenated alkanes) is 54. The molecule has 0 aromatic heterocycles. The van der Waals surface area contributed by atoms with Crippen LogP contribution in [0.1, 0.15) is 426 Å². The number of aliphatic hydroxyl groups is 1. The van der Waals surface area contributed by atoms with Crippen LogP contribution in [0.2, 0.25) is 0 Å². The average molecular weight is 1440 g/mol. The number of carbonyl (C=O) groups excluding carboxylic acids is 4. The van der Waals surface area contributed by atoms with Crippen molar-refractivity contribution in [3.63, 3.8) is 0 Å². The van der Waals surface area contributed by atoms with Gasteiger partial charge in [0.2, 0.25) is 0 Å². The molecule has 0 heterocycles. The molecule has 0 rings (SSSR count). The Morgan fingerprint density at radius 3 is 0.602 bits per heavy atom. The Hall–Kier alpha value is -1.94. The second kappa shape index (κ2) is 73.4. The van der Waals surface area contributed by atoms with Crippen LogP contribution in [0.5, 0.6) is 0 Å². The van der Waals surface area contributed by atoms with Gasteiger partial charge in [0.15, 0.2) is 12.2 Å².